The molecule has 0 aliphatic heterocycles. The van der Waals surface area contributed by atoms with Gasteiger partial charge in [0.25, 0.3) is 11.5 Å². The van der Waals surface area contributed by atoms with Crippen LogP contribution in [0.5, 0.6) is 0 Å². The Hall–Kier alpha value is -4.41. The molecular weight excluding hydrogens is 550 g/mol. The quantitative estimate of drug-likeness (QED) is 0.217. The molecule has 0 saturated carbocycles. The van der Waals surface area contributed by atoms with Gasteiger partial charge in [0.1, 0.15) is 16.3 Å². The van der Waals surface area contributed by atoms with E-state index in [9.17, 15) is 14.4 Å². The average Bonchev–Trinajstić information content (AvgIpc) is 3.65. The number of hydrogen-bond donors (Lipinski definition) is 3. The minimum Gasteiger partial charge on any atom is -0.464 e. The van der Waals surface area contributed by atoms with E-state index < -0.39 is 0 Å². The lowest BCUT2D eigenvalue weighted by Gasteiger charge is -2.14. The van der Waals surface area contributed by atoms with Gasteiger partial charge in [-0.3, -0.25) is 19.1 Å². The highest BCUT2D eigenvalue weighted by atomic mass is 32.1. The van der Waals surface area contributed by atoms with Crippen LogP contribution < -0.4 is 21.5 Å². The number of para-hydroxylation sites is 2. The summed E-state index contributed by atoms with van der Waals surface area (Å²) in [5.41, 5.74) is 4.44. The van der Waals surface area contributed by atoms with Crippen LogP contribution in [-0.2, 0) is 24.7 Å². The summed E-state index contributed by atoms with van der Waals surface area (Å²) in [4.78, 5) is 41.5. The van der Waals surface area contributed by atoms with Crippen LogP contribution in [0.15, 0.2) is 70.1 Å². The summed E-state index contributed by atoms with van der Waals surface area (Å²) in [6.45, 7) is 3.85. The maximum absolute atomic E-state index is 13.8. The molecule has 1 aliphatic rings. The highest BCUT2D eigenvalue weighted by molar-refractivity contribution is 7.17. The van der Waals surface area contributed by atoms with Crippen molar-refractivity contribution >= 4 is 44.8 Å². The predicted octanol–water partition coefficient (Wildman–Crippen LogP) is 5.71. The fraction of sp³-hybridized carbons (Fsp3) is 0.281. The van der Waals surface area contributed by atoms with E-state index in [0.29, 0.717) is 21.9 Å². The van der Waals surface area contributed by atoms with Crippen LogP contribution in [0.1, 0.15) is 57.9 Å². The second-order valence-corrected chi connectivity index (χ2v) is 11.7. The van der Waals surface area contributed by atoms with Crippen molar-refractivity contribution in [3.05, 3.63) is 98.5 Å². The number of hydrogen-bond acceptors (Lipinski definition) is 6. The maximum Gasteiger partial charge on any atom is 0.295 e. The Kier molecular flexibility index (Phi) is 7.57. The van der Waals surface area contributed by atoms with Gasteiger partial charge in [0.15, 0.2) is 0 Å². The van der Waals surface area contributed by atoms with Gasteiger partial charge in [-0.05, 0) is 63.3 Å². The van der Waals surface area contributed by atoms with Gasteiger partial charge in [0.05, 0.1) is 29.8 Å². The largest absolute Gasteiger partial charge is 0.464 e. The van der Waals surface area contributed by atoms with Crippen molar-refractivity contribution in [2.75, 3.05) is 17.2 Å². The van der Waals surface area contributed by atoms with Crippen LogP contribution in [0.3, 0.4) is 0 Å². The summed E-state index contributed by atoms with van der Waals surface area (Å²) in [7, 11) is 1.79. The lowest BCUT2D eigenvalue weighted by Crippen LogP contribution is -2.30. The van der Waals surface area contributed by atoms with E-state index in [4.69, 9.17) is 4.42 Å². The van der Waals surface area contributed by atoms with Gasteiger partial charge in [0.2, 0.25) is 5.91 Å². The molecule has 0 fully saturated rings. The zero-order valence-corrected chi connectivity index (χ0v) is 24.6. The van der Waals surface area contributed by atoms with Gasteiger partial charge < -0.3 is 20.4 Å². The zero-order chi connectivity index (χ0) is 29.4. The normalized spacial score (nSPS) is 13.6. The molecule has 0 bridgehead atoms. The molecule has 1 atom stereocenters. The molecule has 1 aliphatic carbocycles. The molecule has 9 nitrogen and oxygen atoms in total. The number of amides is 2. The summed E-state index contributed by atoms with van der Waals surface area (Å²) in [5.74, 6) is -0.633. The lowest BCUT2D eigenvalue weighted by atomic mass is 9.95. The SMILES string of the molecule is Cc1c(NC(=O)c2c(NC(=O)CNC(C)c3coc4ccccc34)sc3c2CCCC3)c(=O)n(-c2ccccc2)n1C. The number of furan rings is 1. The first kappa shape index (κ1) is 27.7. The maximum atomic E-state index is 13.8. The monoisotopic (exact) mass is 583 g/mol. The number of aryl methyl sites for hydroxylation is 1. The van der Waals surface area contributed by atoms with Crippen molar-refractivity contribution in [1.82, 2.24) is 14.7 Å². The Morgan fingerprint density at radius 2 is 1.76 bits per heavy atom. The smallest absolute Gasteiger partial charge is 0.295 e. The molecule has 10 heteroatoms. The van der Waals surface area contributed by atoms with E-state index >= 15 is 0 Å². The van der Waals surface area contributed by atoms with Crippen LogP contribution in [0.4, 0.5) is 10.7 Å². The van der Waals surface area contributed by atoms with Crippen LogP contribution in [0, 0.1) is 6.92 Å². The van der Waals surface area contributed by atoms with Crippen molar-refractivity contribution in [2.45, 2.75) is 45.6 Å². The number of nitrogens with one attached hydrogen (secondary N) is 3. The third kappa shape index (κ3) is 5.08. The van der Waals surface area contributed by atoms with Crippen molar-refractivity contribution in [3.63, 3.8) is 0 Å². The molecule has 6 rings (SSSR count). The number of anilines is 2. The molecule has 2 aromatic carbocycles. The summed E-state index contributed by atoms with van der Waals surface area (Å²) in [5, 5.41) is 10.7. The highest BCUT2D eigenvalue weighted by Crippen LogP contribution is 2.38. The Labute approximate surface area is 247 Å². The van der Waals surface area contributed by atoms with Crippen molar-refractivity contribution in [1.29, 1.82) is 0 Å². The molecule has 0 radical (unpaired) electrons. The number of carbonyl (C=O) groups excluding carboxylic acids is 2. The number of benzene rings is 2. The number of fused-ring (bicyclic) bond motifs is 2. The van der Waals surface area contributed by atoms with Crippen LogP contribution >= 0.6 is 11.3 Å². The van der Waals surface area contributed by atoms with Gasteiger partial charge in [-0.1, -0.05) is 36.4 Å². The van der Waals surface area contributed by atoms with Crippen LogP contribution in [-0.4, -0.2) is 27.7 Å². The van der Waals surface area contributed by atoms with Crippen molar-refractivity contribution < 1.29 is 14.0 Å². The third-order valence-corrected chi connectivity index (χ3v) is 9.20. The van der Waals surface area contributed by atoms with Crippen molar-refractivity contribution in [3.8, 4) is 5.69 Å². The number of thiophene rings is 1. The zero-order valence-electron chi connectivity index (χ0n) is 23.8. The van der Waals surface area contributed by atoms with Gasteiger partial charge in [-0.2, -0.15) is 0 Å². The molecule has 42 heavy (non-hydrogen) atoms. The summed E-state index contributed by atoms with van der Waals surface area (Å²) >= 11 is 1.45. The summed E-state index contributed by atoms with van der Waals surface area (Å²) in [6.07, 6.45) is 5.35. The Balaban J connectivity index is 1.22. The molecule has 1 unspecified atom stereocenters. The molecule has 3 N–H and O–H groups in total. The van der Waals surface area contributed by atoms with Crippen molar-refractivity contribution in [2.24, 2.45) is 7.05 Å². The Morgan fingerprint density at radius 3 is 2.57 bits per heavy atom. The van der Waals surface area contributed by atoms with Gasteiger partial charge >= 0.3 is 0 Å². The molecule has 5 aromatic rings. The first-order chi connectivity index (χ1) is 20.3. The van der Waals surface area contributed by atoms with E-state index in [-0.39, 0.29) is 35.6 Å². The number of aromatic nitrogens is 2. The van der Waals surface area contributed by atoms with Gasteiger partial charge in [-0.25, -0.2) is 4.68 Å². The molecule has 3 heterocycles. The number of nitrogens with zero attached hydrogens (tertiary/aromatic N) is 2. The first-order valence-electron chi connectivity index (χ1n) is 14.1. The molecule has 0 spiro atoms. The average molecular weight is 584 g/mol. The molecular formula is C32H33N5O4S. The molecule has 0 saturated heterocycles. The topological polar surface area (TPSA) is 110 Å². The highest BCUT2D eigenvalue weighted by Gasteiger charge is 2.28. The Bertz CT molecular complexity index is 1850. The first-order valence-corrected chi connectivity index (χ1v) is 14.9. The fourth-order valence-corrected chi connectivity index (χ4v) is 6.95. The molecule has 216 valence electrons. The number of carbonyl (C=O) groups is 2. The second-order valence-electron chi connectivity index (χ2n) is 10.6. The Morgan fingerprint density at radius 1 is 1.02 bits per heavy atom. The van der Waals surface area contributed by atoms with Gasteiger partial charge in [-0.15, -0.1) is 11.3 Å². The van der Waals surface area contributed by atoms with E-state index in [1.807, 2.05) is 61.5 Å². The molecule has 3 aromatic heterocycles. The fourth-order valence-electron chi connectivity index (χ4n) is 5.64. The number of rotatable bonds is 8. The summed E-state index contributed by atoms with van der Waals surface area (Å²) < 4.78 is 8.92. The molecule has 2 amide bonds. The van der Waals surface area contributed by atoms with E-state index in [0.717, 1.165) is 52.7 Å². The minimum atomic E-state index is -0.387. The van der Waals surface area contributed by atoms with Crippen LogP contribution in [0.25, 0.3) is 16.7 Å². The standard InChI is InChI=1S/C32H33N5O4S/c1-19(24-18-41-25-15-9-7-13-22(24)25)33-17-27(38)34-31-28(23-14-8-10-16-26(23)42-31)30(39)35-29-20(2)36(3)37(32(29)40)21-11-5-4-6-12-21/h4-7,9,11-13,15,18-19,33H,8,10,14,16-17H2,1-3H3,(H,34,38)(H,35,39). The minimum absolute atomic E-state index is 0.0594. The van der Waals surface area contributed by atoms with E-state index in [2.05, 4.69) is 16.0 Å². The van der Waals surface area contributed by atoms with Crippen LogP contribution in [0.2, 0.25) is 0 Å². The predicted molar refractivity (Wildman–Crippen MR) is 166 cm³/mol. The third-order valence-electron chi connectivity index (χ3n) is 7.99. The van der Waals surface area contributed by atoms with Gasteiger partial charge in [0, 0.05) is 28.9 Å². The second kappa shape index (κ2) is 11.5. The summed E-state index contributed by atoms with van der Waals surface area (Å²) in [6, 6.07) is 17.0. The lowest BCUT2D eigenvalue weighted by molar-refractivity contribution is -0.115. The van der Waals surface area contributed by atoms with E-state index in [1.54, 1.807) is 24.9 Å². The van der Waals surface area contributed by atoms with E-state index in [1.165, 1.54) is 16.0 Å².